The van der Waals surface area contributed by atoms with E-state index in [-0.39, 0.29) is 11.5 Å². The maximum atomic E-state index is 9.41. The van der Waals surface area contributed by atoms with Gasteiger partial charge >= 0.3 is 0 Å². The zero-order chi connectivity index (χ0) is 12.8. The molecule has 0 saturated heterocycles. The van der Waals surface area contributed by atoms with Crippen LogP contribution in [0.15, 0.2) is 18.2 Å². The second-order valence-corrected chi connectivity index (χ2v) is 6.08. The van der Waals surface area contributed by atoms with Crippen molar-refractivity contribution in [1.29, 1.82) is 0 Å². The summed E-state index contributed by atoms with van der Waals surface area (Å²) in [6, 6.07) is 5.44. The Kier molecular flexibility index (Phi) is 2.62. The van der Waals surface area contributed by atoms with E-state index in [1.54, 1.807) is 6.07 Å². The van der Waals surface area contributed by atoms with Crippen molar-refractivity contribution >= 4 is 0 Å². The van der Waals surface area contributed by atoms with Crippen LogP contribution in [0.2, 0.25) is 0 Å². The first kappa shape index (κ1) is 12.2. The van der Waals surface area contributed by atoms with E-state index >= 15 is 0 Å². The predicted octanol–water partition coefficient (Wildman–Crippen LogP) is 2.62. The Labute approximate surface area is 102 Å². The summed E-state index contributed by atoms with van der Waals surface area (Å²) < 4.78 is 0. The molecular formula is C14H21NO2. The van der Waals surface area contributed by atoms with Crippen LogP contribution >= 0.6 is 0 Å². The van der Waals surface area contributed by atoms with Crippen molar-refractivity contribution < 1.29 is 10.2 Å². The van der Waals surface area contributed by atoms with Gasteiger partial charge in [-0.1, -0.05) is 33.8 Å². The molecule has 1 aliphatic rings. The van der Waals surface area contributed by atoms with Gasteiger partial charge in [0.15, 0.2) is 11.5 Å². The highest BCUT2D eigenvalue weighted by atomic mass is 16.3. The highest BCUT2D eigenvalue weighted by molar-refractivity contribution is 5.40. The third kappa shape index (κ3) is 1.89. The number of benzene rings is 1. The molecule has 0 radical (unpaired) electrons. The lowest BCUT2D eigenvalue weighted by Crippen LogP contribution is -2.21. The summed E-state index contributed by atoms with van der Waals surface area (Å²) in [5, 5.41) is 22.1. The molecule has 0 spiro atoms. The lowest BCUT2D eigenvalue weighted by atomic mass is 10.0. The third-order valence-electron chi connectivity index (χ3n) is 4.57. The Bertz CT molecular complexity index is 424. The molecule has 17 heavy (non-hydrogen) atoms. The van der Waals surface area contributed by atoms with Gasteiger partial charge in [0.05, 0.1) is 0 Å². The van der Waals surface area contributed by atoms with Crippen LogP contribution in [0.5, 0.6) is 11.5 Å². The van der Waals surface area contributed by atoms with Crippen molar-refractivity contribution in [3.63, 3.8) is 0 Å². The van der Waals surface area contributed by atoms with Crippen LogP contribution in [0.3, 0.4) is 0 Å². The minimum absolute atomic E-state index is 0.0568. The lowest BCUT2D eigenvalue weighted by molar-refractivity contribution is 0.402. The number of hydrogen-bond donors (Lipinski definition) is 3. The SMILES string of the molecule is CC1(C)C(NCc2ccc(O)c(O)c2)C1(C)C. The van der Waals surface area contributed by atoms with E-state index in [0.717, 1.165) is 5.56 Å². The van der Waals surface area contributed by atoms with Gasteiger partial charge in [0.1, 0.15) is 0 Å². The maximum absolute atomic E-state index is 9.41. The molecular weight excluding hydrogens is 214 g/mol. The first-order chi connectivity index (χ1) is 7.76. The van der Waals surface area contributed by atoms with Gasteiger partial charge in [-0.2, -0.15) is 0 Å². The third-order valence-corrected chi connectivity index (χ3v) is 4.57. The van der Waals surface area contributed by atoms with Crippen LogP contribution in [-0.4, -0.2) is 16.3 Å². The van der Waals surface area contributed by atoms with Crippen LogP contribution in [0.1, 0.15) is 33.3 Å². The van der Waals surface area contributed by atoms with E-state index in [4.69, 9.17) is 0 Å². The van der Waals surface area contributed by atoms with E-state index in [0.29, 0.717) is 23.4 Å². The lowest BCUT2D eigenvalue weighted by Gasteiger charge is -2.07. The molecule has 1 fully saturated rings. The molecule has 3 heteroatoms. The monoisotopic (exact) mass is 235 g/mol. The molecule has 3 nitrogen and oxygen atoms in total. The van der Waals surface area contributed by atoms with Crippen molar-refractivity contribution in [1.82, 2.24) is 5.32 Å². The molecule has 0 aliphatic heterocycles. The molecule has 1 aliphatic carbocycles. The fourth-order valence-corrected chi connectivity index (χ4v) is 2.61. The van der Waals surface area contributed by atoms with Gasteiger partial charge in [-0.05, 0) is 28.5 Å². The summed E-state index contributed by atoms with van der Waals surface area (Å²) in [5.41, 5.74) is 1.61. The molecule has 0 atom stereocenters. The molecule has 0 heterocycles. The van der Waals surface area contributed by atoms with Crippen LogP contribution in [-0.2, 0) is 6.54 Å². The zero-order valence-corrected chi connectivity index (χ0v) is 10.9. The van der Waals surface area contributed by atoms with Crippen LogP contribution < -0.4 is 5.32 Å². The number of aromatic hydroxyl groups is 2. The molecule has 1 saturated carbocycles. The normalized spacial score (nSPS) is 21.4. The highest BCUT2D eigenvalue weighted by Gasteiger charge is 2.64. The molecule has 0 bridgehead atoms. The summed E-state index contributed by atoms with van der Waals surface area (Å²) in [4.78, 5) is 0. The van der Waals surface area contributed by atoms with Crippen molar-refractivity contribution in [3.05, 3.63) is 23.8 Å². The minimum atomic E-state index is -0.0687. The molecule has 1 aromatic carbocycles. The Hall–Kier alpha value is -1.22. The maximum Gasteiger partial charge on any atom is 0.157 e. The first-order valence-electron chi connectivity index (χ1n) is 6.01. The second kappa shape index (κ2) is 3.64. The van der Waals surface area contributed by atoms with Gasteiger partial charge in [-0.25, -0.2) is 0 Å². The number of rotatable bonds is 3. The van der Waals surface area contributed by atoms with Crippen molar-refractivity contribution in [2.45, 2.75) is 40.3 Å². The summed E-state index contributed by atoms with van der Waals surface area (Å²) in [7, 11) is 0. The summed E-state index contributed by atoms with van der Waals surface area (Å²) in [6.45, 7) is 9.77. The number of phenolic OH excluding ortho intramolecular Hbond substituents is 2. The molecule has 1 aromatic rings. The Morgan fingerprint density at radius 2 is 1.65 bits per heavy atom. The van der Waals surface area contributed by atoms with Gasteiger partial charge in [-0.3, -0.25) is 0 Å². The van der Waals surface area contributed by atoms with Crippen LogP contribution in [0.25, 0.3) is 0 Å². The Morgan fingerprint density at radius 1 is 1.06 bits per heavy atom. The molecule has 2 rings (SSSR count). The fraction of sp³-hybridized carbons (Fsp3) is 0.571. The van der Waals surface area contributed by atoms with Gasteiger partial charge in [0, 0.05) is 12.6 Å². The topological polar surface area (TPSA) is 52.5 Å². The van der Waals surface area contributed by atoms with Gasteiger partial charge in [0.2, 0.25) is 0 Å². The molecule has 3 N–H and O–H groups in total. The van der Waals surface area contributed by atoms with Crippen LogP contribution in [0, 0.1) is 10.8 Å². The summed E-state index contributed by atoms with van der Waals surface area (Å²) in [5.74, 6) is -0.126. The average Bonchev–Trinajstić information content (AvgIpc) is 2.61. The van der Waals surface area contributed by atoms with Crippen molar-refractivity contribution in [3.8, 4) is 11.5 Å². The molecule has 0 unspecified atom stereocenters. The van der Waals surface area contributed by atoms with Crippen LogP contribution in [0.4, 0.5) is 0 Å². The fourth-order valence-electron chi connectivity index (χ4n) is 2.61. The number of phenols is 2. The van der Waals surface area contributed by atoms with E-state index in [9.17, 15) is 10.2 Å². The predicted molar refractivity (Wildman–Crippen MR) is 68.0 cm³/mol. The summed E-state index contributed by atoms with van der Waals surface area (Å²) in [6.07, 6.45) is 0. The van der Waals surface area contributed by atoms with Gasteiger partial charge in [0.25, 0.3) is 0 Å². The standard InChI is InChI=1S/C14H21NO2/c1-13(2)12(14(13,3)4)15-8-9-5-6-10(16)11(17)7-9/h5-7,12,15-17H,8H2,1-4H3. The van der Waals surface area contributed by atoms with E-state index < -0.39 is 0 Å². The summed E-state index contributed by atoms with van der Waals surface area (Å²) >= 11 is 0. The average molecular weight is 235 g/mol. The zero-order valence-electron chi connectivity index (χ0n) is 10.9. The van der Waals surface area contributed by atoms with E-state index in [1.807, 2.05) is 6.07 Å². The number of hydrogen-bond acceptors (Lipinski definition) is 3. The van der Waals surface area contributed by atoms with Crippen molar-refractivity contribution in [2.24, 2.45) is 10.8 Å². The Morgan fingerprint density at radius 3 is 2.12 bits per heavy atom. The first-order valence-corrected chi connectivity index (χ1v) is 6.01. The smallest absolute Gasteiger partial charge is 0.157 e. The largest absolute Gasteiger partial charge is 0.504 e. The minimum Gasteiger partial charge on any atom is -0.504 e. The van der Waals surface area contributed by atoms with E-state index in [2.05, 4.69) is 33.0 Å². The van der Waals surface area contributed by atoms with Gasteiger partial charge < -0.3 is 15.5 Å². The molecule has 0 amide bonds. The van der Waals surface area contributed by atoms with Gasteiger partial charge in [-0.15, -0.1) is 0 Å². The van der Waals surface area contributed by atoms with E-state index in [1.165, 1.54) is 6.07 Å². The molecule has 94 valence electrons. The number of nitrogens with one attached hydrogen (secondary N) is 1. The van der Waals surface area contributed by atoms with Crippen molar-refractivity contribution in [2.75, 3.05) is 0 Å². The molecule has 0 aromatic heterocycles. The second-order valence-electron chi connectivity index (χ2n) is 6.08. The Balaban J connectivity index is 1.98. The highest BCUT2D eigenvalue weighted by Crippen LogP contribution is 2.62. The quantitative estimate of drug-likeness (QED) is 0.706.